The van der Waals surface area contributed by atoms with Crippen LogP contribution in [-0.4, -0.2) is 17.9 Å². The van der Waals surface area contributed by atoms with Crippen LogP contribution < -0.4 is 5.46 Å². The monoisotopic (exact) mass is 403 g/mol. The van der Waals surface area contributed by atoms with Crippen molar-refractivity contribution in [2.75, 3.05) is 0 Å². The molecule has 152 valence electrons. The van der Waals surface area contributed by atoms with Gasteiger partial charge < -0.3 is 9.47 Å². The first kappa shape index (κ1) is 19.8. The summed E-state index contributed by atoms with van der Waals surface area (Å²) in [6.07, 6.45) is 0. The molecule has 4 aromatic carbocycles. The Morgan fingerprint density at radius 2 is 1.13 bits per heavy atom. The van der Waals surface area contributed by atoms with Crippen LogP contribution in [0.1, 0.15) is 23.6 Å². The van der Waals surface area contributed by atoms with E-state index in [9.17, 15) is 0 Å². The zero-order valence-electron chi connectivity index (χ0n) is 17.8. The first-order valence-corrected chi connectivity index (χ1v) is 10.9. The van der Waals surface area contributed by atoms with Gasteiger partial charge >= 0.3 is 7.05 Å². The molecular formula is C28H26BNO. The number of hydrogen-bond acceptors (Lipinski definition) is 2. The van der Waals surface area contributed by atoms with Gasteiger partial charge in [0, 0.05) is 12.6 Å². The average molecular weight is 403 g/mol. The number of rotatable bonds is 5. The van der Waals surface area contributed by atoms with Crippen molar-refractivity contribution in [3.63, 3.8) is 0 Å². The van der Waals surface area contributed by atoms with Crippen LogP contribution in [0.2, 0.25) is 0 Å². The lowest BCUT2D eigenvalue weighted by Gasteiger charge is -2.36. The van der Waals surface area contributed by atoms with Crippen molar-refractivity contribution >= 4 is 12.5 Å². The Hall–Kier alpha value is -3.14. The SMILES string of the molecule is C[C@@H]1N(Cc2ccccc2)B(c2ccccc2)OC1(c1ccccc1)c1ccccc1. The van der Waals surface area contributed by atoms with E-state index in [2.05, 4.69) is 133 Å². The maximum Gasteiger partial charge on any atom is 0.420 e. The van der Waals surface area contributed by atoms with Crippen molar-refractivity contribution in [1.29, 1.82) is 0 Å². The molecule has 1 atom stereocenters. The summed E-state index contributed by atoms with van der Waals surface area (Å²) in [6.45, 7) is 3.12. The van der Waals surface area contributed by atoms with Gasteiger partial charge in [0.1, 0.15) is 5.60 Å². The topological polar surface area (TPSA) is 12.5 Å². The maximum atomic E-state index is 7.13. The predicted octanol–water partition coefficient (Wildman–Crippen LogP) is 5.25. The zero-order chi connectivity index (χ0) is 21.1. The quantitative estimate of drug-likeness (QED) is 0.422. The van der Waals surface area contributed by atoms with Gasteiger partial charge in [-0.25, -0.2) is 0 Å². The fourth-order valence-electron chi connectivity index (χ4n) is 4.83. The Kier molecular flexibility index (Phi) is 5.46. The molecule has 0 spiro atoms. The molecule has 31 heavy (non-hydrogen) atoms. The molecule has 1 fully saturated rings. The summed E-state index contributed by atoms with van der Waals surface area (Å²) < 4.78 is 7.13. The Morgan fingerprint density at radius 1 is 0.677 bits per heavy atom. The fraction of sp³-hybridized carbons (Fsp3) is 0.143. The van der Waals surface area contributed by atoms with Crippen molar-refractivity contribution in [3.05, 3.63) is 138 Å². The van der Waals surface area contributed by atoms with Crippen LogP contribution in [0.25, 0.3) is 0 Å². The second-order valence-electron chi connectivity index (χ2n) is 8.18. The molecule has 0 radical (unpaired) electrons. The third kappa shape index (κ3) is 3.61. The molecule has 0 aromatic heterocycles. The molecule has 1 heterocycles. The number of nitrogens with zero attached hydrogens (tertiary/aromatic N) is 1. The highest BCUT2D eigenvalue weighted by Crippen LogP contribution is 2.45. The molecule has 3 heteroatoms. The third-order valence-electron chi connectivity index (χ3n) is 6.38. The van der Waals surface area contributed by atoms with Crippen LogP contribution >= 0.6 is 0 Å². The highest BCUT2D eigenvalue weighted by molar-refractivity contribution is 6.65. The van der Waals surface area contributed by atoms with Crippen molar-refractivity contribution in [2.45, 2.75) is 25.1 Å². The lowest BCUT2D eigenvalue weighted by Crippen LogP contribution is -2.47. The summed E-state index contributed by atoms with van der Waals surface area (Å²) in [4.78, 5) is 2.49. The molecule has 0 N–H and O–H groups in total. The normalized spacial score (nSPS) is 18.2. The second kappa shape index (κ2) is 8.54. The largest absolute Gasteiger partial charge is 0.420 e. The van der Waals surface area contributed by atoms with Gasteiger partial charge in [-0.2, -0.15) is 0 Å². The van der Waals surface area contributed by atoms with Gasteiger partial charge in [-0.1, -0.05) is 121 Å². The fourth-order valence-corrected chi connectivity index (χ4v) is 4.83. The van der Waals surface area contributed by atoms with Gasteiger partial charge in [0.25, 0.3) is 0 Å². The molecule has 4 aromatic rings. The minimum atomic E-state index is -0.558. The van der Waals surface area contributed by atoms with Crippen LogP contribution in [0.5, 0.6) is 0 Å². The zero-order valence-corrected chi connectivity index (χ0v) is 17.8. The lowest BCUT2D eigenvalue weighted by molar-refractivity contribution is 0.106. The molecular weight excluding hydrogens is 377 g/mol. The Labute approximate surface area is 185 Å². The summed E-state index contributed by atoms with van der Waals surface area (Å²) in [7, 11) is -0.142. The van der Waals surface area contributed by atoms with Crippen molar-refractivity contribution in [3.8, 4) is 0 Å². The van der Waals surface area contributed by atoms with Crippen LogP contribution in [0.4, 0.5) is 0 Å². The summed E-state index contributed by atoms with van der Waals surface area (Å²) in [6, 6.07) is 42.7. The van der Waals surface area contributed by atoms with E-state index in [0.717, 1.165) is 6.54 Å². The molecule has 1 aliphatic heterocycles. The molecule has 1 saturated heterocycles. The van der Waals surface area contributed by atoms with Gasteiger partial charge in [-0.15, -0.1) is 0 Å². The van der Waals surface area contributed by atoms with Gasteiger partial charge in [0.15, 0.2) is 0 Å². The Balaban J connectivity index is 1.67. The first-order valence-electron chi connectivity index (χ1n) is 10.9. The van der Waals surface area contributed by atoms with Crippen LogP contribution in [0, 0.1) is 0 Å². The van der Waals surface area contributed by atoms with Crippen molar-refractivity contribution in [2.24, 2.45) is 0 Å². The predicted molar refractivity (Wildman–Crippen MR) is 128 cm³/mol. The van der Waals surface area contributed by atoms with E-state index in [0.29, 0.717) is 0 Å². The standard InChI is InChI=1S/C28H26BNO/c1-23-28(25-16-8-3-9-17-25,26-18-10-4-11-19-26)31-29(27-20-12-5-13-21-27)30(23)22-24-14-6-2-7-15-24/h2-21,23H,22H2,1H3/t23-/m0/s1. The second-order valence-corrected chi connectivity index (χ2v) is 8.18. The van der Waals surface area contributed by atoms with Gasteiger partial charge in [-0.05, 0) is 29.1 Å². The lowest BCUT2D eigenvalue weighted by atomic mass is 9.71. The average Bonchev–Trinajstić information content (AvgIpc) is 3.14. The molecule has 2 nitrogen and oxygen atoms in total. The highest BCUT2D eigenvalue weighted by Gasteiger charge is 2.55. The maximum absolute atomic E-state index is 7.13. The highest BCUT2D eigenvalue weighted by atomic mass is 16.5. The first-order chi connectivity index (χ1) is 15.3. The minimum Gasteiger partial charge on any atom is -0.402 e. The van der Waals surface area contributed by atoms with E-state index in [-0.39, 0.29) is 13.1 Å². The summed E-state index contributed by atoms with van der Waals surface area (Å²) in [5.74, 6) is 0. The Bertz CT molecular complexity index is 1060. The van der Waals surface area contributed by atoms with E-state index in [1.54, 1.807) is 0 Å². The van der Waals surface area contributed by atoms with Gasteiger partial charge in [0.2, 0.25) is 0 Å². The summed E-state index contributed by atoms with van der Waals surface area (Å²) in [5, 5.41) is 0. The molecule has 0 saturated carbocycles. The van der Waals surface area contributed by atoms with E-state index in [4.69, 9.17) is 4.65 Å². The third-order valence-corrected chi connectivity index (χ3v) is 6.38. The molecule has 1 aliphatic rings. The van der Waals surface area contributed by atoms with Crippen LogP contribution in [0.3, 0.4) is 0 Å². The molecule has 0 bridgehead atoms. The van der Waals surface area contributed by atoms with Gasteiger partial charge in [-0.3, -0.25) is 0 Å². The Morgan fingerprint density at radius 3 is 1.65 bits per heavy atom. The number of hydrogen-bond donors (Lipinski definition) is 0. The van der Waals surface area contributed by atoms with Crippen LogP contribution in [0.15, 0.2) is 121 Å². The van der Waals surface area contributed by atoms with E-state index >= 15 is 0 Å². The van der Waals surface area contributed by atoms with Crippen LogP contribution in [-0.2, 0) is 16.8 Å². The number of benzene rings is 4. The van der Waals surface area contributed by atoms with E-state index in [1.807, 2.05) is 0 Å². The van der Waals surface area contributed by atoms with Crippen molar-refractivity contribution in [1.82, 2.24) is 4.81 Å². The molecule has 0 amide bonds. The van der Waals surface area contributed by atoms with E-state index < -0.39 is 5.60 Å². The summed E-state index contributed by atoms with van der Waals surface area (Å²) >= 11 is 0. The molecule has 0 aliphatic carbocycles. The minimum absolute atomic E-state index is 0.128. The molecule has 0 unspecified atom stereocenters. The van der Waals surface area contributed by atoms with E-state index in [1.165, 1.54) is 22.2 Å². The van der Waals surface area contributed by atoms with Gasteiger partial charge in [0.05, 0.1) is 0 Å². The van der Waals surface area contributed by atoms with Crippen molar-refractivity contribution < 1.29 is 4.65 Å². The molecule has 5 rings (SSSR count). The summed E-state index contributed by atoms with van der Waals surface area (Å²) in [5.41, 5.74) is 4.28. The smallest absolute Gasteiger partial charge is 0.402 e.